The number of hydrogen-bond acceptors (Lipinski definition) is 2. The number of amides is 1. The van der Waals surface area contributed by atoms with E-state index < -0.39 is 0 Å². The van der Waals surface area contributed by atoms with Gasteiger partial charge in [-0.1, -0.05) is 36.8 Å². The number of piperidine rings is 1. The van der Waals surface area contributed by atoms with Crippen LogP contribution in [0.5, 0.6) is 0 Å². The summed E-state index contributed by atoms with van der Waals surface area (Å²) in [5, 5.41) is 3.36. The molecule has 19 heavy (non-hydrogen) atoms. The van der Waals surface area contributed by atoms with Gasteiger partial charge in [0.05, 0.1) is 6.04 Å². The molecule has 3 rings (SSSR count). The fourth-order valence-corrected chi connectivity index (χ4v) is 3.24. The van der Waals surface area contributed by atoms with E-state index in [1.165, 1.54) is 18.4 Å². The Balaban J connectivity index is 1.61. The molecule has 0 saturated carbocycles. The van der Waals surface area contributed by atoms with Crippen LogP contribution in [-0.2, 0) is 4.79 Å². The van der Waals surface area contributed by atoms with Crippen molar-refractivity contribution in [1.29, 1.82) is 0 Å². The Morgan fingerprint density at radius 3 is 2.74 bits per heavy atom. The second-order valence-corrected chi connectivity index (χ2v) is 5.68. The second kappa shape index (κ2) is 5.74. The van der Waals surface area contributed by atoms with Crippen molar-refractivity contribution in [3.05, 3.63) is 35.9 Å². The van der Waals surface area contributed by atoms with Crippen molar-refractivity contribution in [2.24, 2.45) is 0 Å². The Labute approximate surface area is 115 Å². The SMILES string of the molecule is O=C([C@H]1CCCCN1)N1CCC(c2ccccc2)C1. The monoisotopic (exact) mass is 258 g/mol. The van der Waals surface area contributed by atoms with E-state index in [1.807, 2.05) is 6.07 Å². The van der Waals surface area contributed by atoms with E-state index in [2.05, 4.69) is 34.5 Å². The third-order valence-corrected chi connectivity index (χ3v) is 4.38. The zero-order valence-corrected chi connectivity index (χ0v) is 11.3. The molecule has 1 amide bonds. The molecule has 102 valence electrons. The van der Waals surface area contributed by atoms with Crippen LogP contribution >= 0.6 is 0 Å². The van der Waals surface area contributed by atoms with E-state index in [0.29, 0.717) is 11.8 Å². The van der Waals surface area contributed by atoms with E-state index in [-0.39, 0.29) is 6.04 Å². The summed E-state index contributed by atoms with van der Waals surface area (Å²) in [7, 11) is 0. The van der Waals surface area contributed by atoms with Crippen molar-refractivity contribution in [2.45, 2.75) is 37.6 Å². The van der Waals surface area contributed by atoms with Crippen LogP contribution < -0.4 is 5.32 Å². The Morgan fingerprint density at radius 2 is 2.00 bits per heavy atom. The average Bonchev–Trinajstić information content (AvgIpc) is 2.98. The zero-order valence-electron chi connectivity index (χ0n) is 11.3. The summed E-state index contributed by atoms with van der Waals surface area (Å²) < 4.78 is 0. The highest BCUT2D eigenvalue weighted by Crippen LogP contribution is 2.27. The molecule has 0 aromatic heterocycles. The molecule has 1 N–H and O–H groups in total. The minimum absolute atomic E-state index is 0.0725. The van der Waals surface area contributed by atoms with Gasteiger partial charge in [0.1, 0.15) is 0 Å². The summed E-state index contributed by atoms with van der Waals surface area (Å²) in [5.41, 5.74) is 1.37. The largest absolute Gasteiger partial charge is 0.341 e. The fraction of sp³-hybridized carbons (Fsp3) is 0.562. The Morgan fingerprint density at radius 1 is 1.16 bits per heavy atom. The lowest BCUT2D eigenvalue weighted by atomic mass is 9.99. The molecule has 2 aliphatic heterocycles. The summed E-state index contributed by atoms with van der Waals surface area (Å²) in [6.07, 6.45) is 4.49. The molecule has 2 fully saturated rings. The highest BCUT2D eigenvalue weighted by Gasteiger charge is 2.31. The maximum absolute atomic E-state index is 12.4. The van der Waals surface area contributed by atoms with E-state index >= 15 is 0 Å². The molecule has 0 bridgehead atoms. The van der Waals surface area contributed by atoms with Gasteiger partial charge in [-0.25, -0.2) is 0 Å². The first-order chi connectivity index (χ1) is 9.34. The van der Waals surface area contributed by atoms with Gasteiger partial charge in [-0.15, -0.1) is 0 Å². The molecule has 2 saturated heterocycles. The molecule has 2 heterocycles. The van der Waals surface area contributed by atoms with Crippen molar-refractivity contribution >= 4 is 5.91 Å². The molecule has 2 aliphatic rings. The molecule has 1 aromatic rings. The Bertz CT molecular complexity index is 426. The number of nitrogens with one attached hydrogen (secondary N) is 1. The molecule has 1 unspecified atom stereocenters. The number of carbonyl (C=O) groups excluding carboxylic acids is 1. The van der Waals surface area contributed by atoms with Gasteiger partial charge in [-0.2, -0.15) is 0 Å². The number of hydrogen-bond donors (Lipinski definition) is 1. The summed E-state index contributed by atoms with van der Waals surface area (Å²) in [6, 6.07) is 10.6. The quantitative estimate of drug-likeness (QED) is 0.881. The van der Waals surface area contributed by atoms with Crippen molar-refractivity contribution in [3.8, 4) is 0 Å². The molecule has 0 aliphatic carbocycles. The molecule has 3 heteroatoms. The van der Waals surface area contributed by atoms with Gasteiger partial charge in [0, 0.05) is 19.0 Å². The van der Waals surface area contributed by atoms with Crippen LogP contribution in [0.4, 0.5) is 0 Å². The first-order valence-corrected chi connectivity index (χ1v) is 7.42. The third-order valence-electron chi connectivity index (χ3n) is 4.38. The summed E-state index contributed by atoms with van der Waals surface area (Å²) in [4.78, 5) is 14.5. The van der Waals surface area contributed by atoms with Gasteiger partial charge in [0.25, 0.3) is 0 Å². The maximum Gasteiger partial charge on any atom is 0.239 e. The standard InChI is InChI=1S/C16H22N2O/c19-16(15-8-4-5-10-17-15)18-11-9-14(12-18)13-6-2-1-3-7-13/h1-3,6-7,14-15,17H,4-5,8-12H2/t14?,15-/m1/s1. The predicted octanol–water partition coefficient (Wildman–Crippen LogP) is 2.14. The summed E-state index contributed by atoms with van der Waals surface area (Å²) in [6.45, 7) is 2.80. The molecular weight excluding hydrogens is 236 g/mol. The van der Waals surface area contributed by atoms with Crippen LogP contribution in [0.3, 0.4) is 0 Å². The van der Waals surface area contributed by atoms with Crippen LogP contribution in [0, 0.1) is 0 Å². The molecular formula is C16H22N2O. The molecule has 2 atom stereocenters. The van der Waals surface area contributed by atoms with E-state index in [9.17, 15) is 4.79 Å². The number of rotatable bonds is 2. The van der Waals surface area contributed by atoms with Crippen LogP contribution in [0.25, 0.3) is 0 Å². The number of nitrogens with zero attached hydrogens (tertiary/aromatic N) is 1. The van der Waals surface area contributed by atoms with Crippen LogP contribution in [0.15, 0.2) is 30.3 Å². The lowest BCUT2D eigenvalue weighted by Crippen LogP contribution is -2.47. The highest BCUT2D eigenvalue weighted by molar-refractivity contribution is 5.82. The zero-order chi connectivity index (χ0) is 13.1. The van der Waals surface area contributed by atoms with Gasteiger partial charge < -0.3 is 10.2 Å². The van der Waals surface area contributed by atoms with Gasteiger partial charge in [0.15, 0.2) is 0 Å². The van der Waals surface area contributed by atoms with Crippen LogP contribution in [0.2, 0.25) is 0 Å². The second-order valence-electron chi connectivity index (χ2n) is 5.68. The molecule has 0 radical (unpaired) electrons. The third kappa shape index (κ3) is 2.81. The first-order valence-electron chi connectivity index (χ1n) is 7.42. The van der Waals surface area contributed by atoms with E-state index in [1.54, 1.807) is 0 Å². The van der Waals surface area contributed by atoms with Crippen molar-refractivity contribution in [2.75, 3.05) is 19.6 Å². The molecule has 0 spiro atoms. The van der Waals surface area contributed by atoms with Crippen molar-refractivity contribution in [3.63, 3.8) is 0 Å². The van der Waals surface area contributed by atoms with E-state index in [0.717, 1.165) is 32.5 Å². The average molecular weight is 258 g/mol. The van der Waals surface area contributed by atoms with Gasteiger partial charge >= 0.3 is 0 Å². The number of benzene rings is 1. The van der Waals surface area contributed by atoms with Gasteiger partial charge in [-0.3, -0.25) is 4.79 Å². The van der Waals surface area contributed by atoms with Crippen molar-refractivity contribution in [1.82, 2.24) is 10.2 Å². The lowest BCUT2D eigenvalue weighted by molar-refractivity contribution is -0.133. The Hall–Kier alpha value is -1.35. The van der Waals surface area contributed by atoms with Crippen LogP contribution in [-0.4, -0.2) is 36.5 Å². The highest BCUT2D eigenvalue weighted by atomic mass is 16.2. The first kappa shape index (κ1) is 12.7. The number of likely N-dealkylation sites (tertiary alicyclic amines) is 1. The Kier molecular flexibility index (Phi) is 3.83. The number of carbonyl (C=O) groups is 1. The van der Waals surface area contributed by atoms with Gasteiger partial charge in [0.2, 0.25) is 5.91 Å². The summed E-state index contributed by atoms with van der Waals surface area (Å²) >= 11 is 0. The molecule has 1 aromatic carbocycles. The fourth-order valence-electron chi connectivity index (χ4n) is 3.24. The van der Waals surface area contributed by atoms with Gasteiger partial charge in [-0.05, 0) is 31.4 Å². The van der Waals surface area contributed by atoms with Crippen molar-refractivity contribution < 1.29 is 4.79 Å². The van der Waals surface area contributed by atoms with E-state index in [4.69, 9.17) is 0 Å². The lowest BCUT2D eigenvalue weighted by Gasteiger charge is -2.27. The maximum atomic E-state index is 12.4. The summed E-state index contributed by atoms with van der Waals surface area (Å²) in [5.74, 6) is 0.840. The minimum Gasteiger partial charge on any atom is -0.341 e. The normalized spacial score (nSPS) is 27.5. The minimum atomic E-state index is 0.0725. The molecule has 3 nitrogen and oxygen atoms in total. The van der Waals surface area contributed by atoms with Crippen LogP contribution in [0.1, 0.15) is 37.2 Å². The smallest absolute Gasteiger partial charge is 0.239 e. The topological polar surface area (TPSA) is 32.3 Å². The predicted molar refractivity (Wildman–Crippen MR) is 76.0 cm³/mol.